The summed E-state index contributed by atoms with van der Waals surface area (Å²) in [5, 5.41) is 3.07. The minimum absolute atomic E-state index is 0.0910. The van der Waals surface area contributed by atoms with E-state index >= 15 is 0 Å². The van der Waals surface area contributed by atoms with Crippen molar-refractivity contribution in [3.05, 3.63) is 76.7 Å². The number of hydrogen-bond acceptors (Lipinski definition) is 11. The average Bonchev–Trinajstić information content (AvgIpc) is 3.64. The molecular formula is C24H22FN9O3S. The number of thiazole rings is 1. The number of aromatic amines is 1. The zero-order valence-electron chi connectivity index (χ0n) is 19.9. The number of H-pyrrole nitrogens is 1. The van der Waals surface area contributed by atoms with E-state index in [-0.39, 0.29) is 41.2 Å². The van der Waals surface area contributed by atoms with Crippen molar-refractivity contribution in [3.63, 3.8) is 0 Å². The van der Waals surface area contributed by atoms with Gasteiger partial charge in [0.05, 0.1) is 28.2 Å². The topological polar surface area (TPSA) is 167 Å². The number of piperazine rings is 1. The van der Waals surface area contributed by atoms with Gasteiger partial charge in [0.15, 0.2) is 16.6 Å². The monoisotopic (exact) mass is 535 g/mol. The van der Waals surface area contributed by atoms with Crippen LogP contribution in [0.5, 0.6) is 0 Å². The molecule has 0 aromatic carbocycles. The first-order valence-corrected chi connectivity index (χ1v) is 12.3. The molecule has 0 aliphatic carbocycles. The largest absolute Gasteiger partial charge is 0.403 e. The van der Waals surface area contributed by atoms with E-state index in [0.29, 0.717) is 29.5 Å². The van der Waals surface area contributed by atoms with Crippen LogP contribution >= 0.6 is 11.3 Å². The molecule has 12 nitrogen and oxygen atoms in total. The lowest BCUT2D eigenvalue weighted by atomic mass is 10.1. The third kappa shape index (κ3) is 4.46. The van der Waals surface area contributed by atoms with Crippen molar-refractivity contribution in [3.8, 4) is 0 Å². The number of nitrogens with zero attached hydrogens (tertiary/aromatic N) is 6. The molecule has 4 aromatic rings. The number of carbonyl (C=O) groups is 3. The van der Waals surface area contributed by atoms with Crippen molar-refractivity contribution < 1.29 is 18.8 Å². The number of anilines is 2. The highest BCUT2D eigenvalue weighted by molar-refractivity contribution is 7.11. The molecule has 0 spiro atoms. The molecule has 38 heavy (non-hydrogen) atoms. The van der Waals surface area contributed by atoms with Crippen molar-refractivity contribution in [2.75, 3.05) is 36.1 Å². The van der Waals surface area contributed by atoms with Gasteiger partial charge in [-0.3, -0.25) is 19.4 Å². The fraction of sp³-hybridized carbons (Fsp3) is 0.167. The van der Waals surface area contributed by atoms with Crippen LogP contribution in [0.15, 0.2) is 54.7 Å². The van der Waals surface area contributed by atoms with Crippen LogP contribution in [0, 0.1) is 5.82 Å². The van der Waals surface area contributed by atoms with Gasteiger partial charge in [-0.2, -0.15) is 0 Å². The van der Waals surface area contributed by atoms with E-state index in [2.05, 4.69) is 19.9 Å². The number of rotatable bonds is 7. The summed E-state index contributed by atoms with van der Waals surface area (Å²) < 4.78 is 14.7. The second-order valence-electron chi connectivity index (χ2n) is 8.28. The molecule has 194 valence electrons. The predicted molar refractivity (Wildman–Crippen MR) is 139 cm³/mol. The Morgan fingerprint density at radius 3 is 2.61 bits per heavy atom. The van der Waals surface area contributed by atoms with E-state index in [1.807, 2.05) is 4.90 Å². The summed E-state index contributed by atoms with van der Waals surface area (Å²) in [4.78, 5) is 57.7. The number of hydrazine groups is 1. The number of nitrogens with one attached hydrogen (secondary N) is 1. The number of fused-ring (bicyclic) bond motifs is 1. The van der Waals surface area contributed by atoms with Gasteiger partial charge in [-0.25, -0.2) is 25.2 Å². The molecule has 5 N–H and O–H groups in total. The van der Waals surface area contributed by atoms with Crippen LogP contribution in [0.25, 0.3) is 10.9 Å². The zero-order chi connectivity index (χ0) is 26.8. The Hall–Kier alpha value is -4.69. The normalized spacial score (nSPS) is 13.8. The van der Waals surface area contributed by atoms with Gasteiger partial charge in [-0.1, -0.05) is 0 Å². The molecule has 1 aliphatic heterocycles. The number of amides is 1. The molecule has 1 fully saturated rings. The van der Waals surface area contributed by atoms with Crippen molar-refractivity contribution in [1.29, 1.82) is 0 Å². The van der Waals surface area contributed by atoms with Gasteiger partial charge in [-0.05, 0) is 12.1 Å². The summed E-state index contributed by atoms with van der Waals surface area (Å²) in [6, 6.07) is 3.37. The first-order valence-electron chi connectivity index (χ1n) is 11.5. The number of hydrogen-bond donors (Lipinski definition) is 3. The molecule has 0 atom stereocenters. The van der Waals surface area contributed by atoms with Crippen LogP contribution in [0.2, 0.25) is 0 Å². The lowest BCUT2D eigenvalue weighted by Crippen LogP contribution is -2.51. The molecule has 1 aliphatic rings. The van der Waals surface area contributed by atoms with Crippen molar-refractivity contribution in [2.45, 2.75) is 0 Å². The number of halogens is 1. The third-order valence-electron chi connectivity index (χ3n) is 6.10. The standard InChI is InChI=1S/C24H22FN9O3S/c25-16-13-31-22(34(27)6-3-26)18-17(16)15(12-30-18)20(36)24(37)33-9-7-32(8-10-33)21-14(2-1-4-28-21)19(35)23-29-5-11-38-23/h1-6,11-13,30H,7-10,26-27H2/b6-3-. The van der Waals surface area contributed by atoms with Crippen molar-refractivity contribution in [1.82, 2.24) is 24.8 Å². The van der Waals surface area contributed by atoms with Crippen LogP contribution in [-0.2, 0) is 4.79 Å². The van der Waals surface area contributed by atoms with Crippen LogP contribution < -0.4 is 21.5 Å². The Morgan fingerprint density at radius 1 is 1.11 bits per heavy atom. The molecule has 14 heteroatoms. The second kappa shape index (κ2) is 10.4. The molecule has 5 heterocycles. The van der Waals surface area contributed by atoms with E-state index in [0.717, 1.165) is 11.2 Å². The zero-order valence-corrected chi connectivity index (χ0v) is 20.7. The number of Topliss-reactive ketones (excluding diaryl/α,β-unsaturated/α-hetero) is 1. The van der Waals surface area contributed by atoms with Crippen LogP contribution in [0.4, 0.5) is 16.0 Å². The molecule has 0 radical (unpaired) electrons. The SMILES string of the molecule is N/C=C\N(N)c1ncc(F)c2c(C(=O)C(=O)N3CCN(c4ncccc4C(=O)c4nccs4)CC3)c[nH]c12. The van der Waals surface area contributed by atoms with Gasteiger partial charge in [0.1, 0.15) is 5.82 Å². The highest BCUT2D eigenvalue weighted by Gasteiger charge is 2.31. The Morgan fingerprint density at radius 2 is 1.89 bits per heavy atom. The molecular weight excluding hydrogens is 513 g/mol. The van der Waals surface area contributed by atoms with E-state index in [9.17, 15) is 18.8 Å². The summed E-state index contributed by atoms with van der Waals surface area (Å²) in [5.74, 6) is 3.85. The summed E-state index contributed by atoms with van der Waals surface area (Å²) in [7, 11) is 0. The Kier molecular flexibility index (Phi) is 6.81. The van der Waals surface area contributed by atoms with Crippen LogP contribution in [0.1, 0.15) is 25.7 Å². The first kappa shape index (κ1) is 25.0. The number of aromatic nitrogens is 4. The number of carbonyl (C=O) groups excluding carboxylic acids is 3. The van der Waals surface area contributed by atoms with E-state index in [1.165, 1.54) is 34.8 Å². The van der Waals surface area contributed by atoms with E-state index in [1.54, 1.807) is 29.9 Å². The summed E-state index contributed by atoms with van der Waals surface area (Å²) in [5.41, 5.74) is 5.80. The molecule has 1 amide bonds. The minimum atomic E-state index is -0.865. The highest BCUT2D eigenvalue weighted by atomic mass is 32.1. The molecule has 4 aromatic heterocycles. The van der Waals surface area contributed by atoms with Gasteiger partial charge < -0.3 is 20.5 Å². The molecule has 0 bridgehead atoms. The van der Waals surface area contributed by atoms with Crippen LogP contribution in [-0.4, -0.2) is 68.5 Å². The van der Waals surface area contributed by atoms with Crippen LogP contribution in [0.3, 0.4) is 0 Å². The van der Waals surface area contributed by atoms with Gasteiger partial charge >= 0.3 is 0 Å². The summed E-state index contributed by atoms with van der Waals surface area (Å²) in [6.07, 6.45) is 7.83. The van der Waals surface area contributed by atoms with Gasteiger partial charge in [0, 0.05) is 62.5 Å². The molecule has 5 rings (SSSR count). The fourth-order valence-electron chi connectivity index (χ4n) is 4.29. The van der Waals surface area contributed by atoms with E-state index in [4.69, 9.17) is 11.6 Å². The Bertz CT molecular complexity index is 1550. The lowest BCUT2D eigenvalue weighted by Gasteiger charge is -2.35. The molecule has 0 saturated carbocycles. The maximum Gasteiger partial charge on any atom is 0.295 e. The Balaban J connectivity index is 1.33. The number of pyridine rings is 2. The molecule has 0 unspecified atom stereocenters. The van der Waals surface area contributed by atoms with Gasteiger partial charge in [-0.15, -0.1) is 11.3 Å². The maximum absolute atomic E-state index is 14.7. The lowest BCUT2D eigenvalue weighted by molar-refractivity contribution is -0.126. The Labute approximate surface area is 219 Å². The van der Waals surface area contributed by atoms with Crippen molar-refractivity contribution in [2.24, 2.45) is 11.6 Å². The van der Waals surface area contributed by atoms with Gasteiger partial charge in [0.25, 0.3) is 11.7 Å². The smallest absolute Gasteiger partial charge is 0.295 e. The number of nitrogens with two attached hydrogens (primary N) is 2. The third-order valence-corrected chi connectivity index (χ3v) is 6.87. The minimum Gasteiger partial charge on any atom is -0.403 e. The highest BCUT2D eigenvalue weighted by Crippen LogP contribution is 2.29. The first-order chi connectivity index (χ1) is 18.4. The number of ketones is 2. The molecule has 1 saturated heterocycles. The fourth-order valence-corrected chi connectivity index (χ4v) is 4.88. The quantitative estimate of drug-likeness (QED) is 0.136. The predicted octanol–water partition coefficient (Wildman–Crippen LogP) is 1.43. The maximum atomic E-state index is 14.7. The van der Waals surface area contributed by atoms with Gasteiger partial charge in [0.2, 0.25) is 5.78 Å². The summed E-state index contributed by atoms with van der Waals surface area (Å²) in [6.45, 7) is 1.11. The summed E-state index contributed by atoms with van der Waals surface area (Å²) >= 11 is 1.24. The average molecular weight is 536 g/mol. The van der Waals surface area contributed by atoms with Crippen molar-refractivity contribution >= 4 is 51.3 Å². The second-order valence-corrected chi connectivity index (χ2v) is 9.17. The van der Waals surface area contributed by atoms with E-state index < -0.39 is 17.5 Å².